The first-order valence-corrected chi connectivity index (χ1v) is 17.8. The highest BCUT2D eigenvalue weighted by molar-refractivity contribution is 8.00. The van der Waals surface area contributed by atoms with Crippen LogP contribution >= 0.6 is 35.3 Å². The maximum absolute atomic E-state index is 6.29. The number of hydrogen-bond donors (Lipinski definition) is 0. The molecule has 0 aliphatic carbocycles. The molecular formula is C32H50O8S3. The van der Waals surface area contributed by atoms with Crippen LogP contribution in [0, 0.1) is 0 Å². The van der Waals surface area contributed by atoms with Crippen LogP contribution in [0.25, 0.3) is 0 Å². The molecule has 2 atom stereocenters. The van der Waals surface area contributed by atoms with Crippen LogP contribution in [-0.4, -0.2) is 63.7 Å². The second-order valence-corrected chi connectivity index (χ2v) is 12.4. The van der Waals surface area contributed by atoms with Gasteiger partial charge in [0.05, 0.1) is 59.2 Å². The van der Waals surface area contributed by atoms with E-state index >= 15 is 0 Å². The van der Waals surface area contributed by atoms with E-state index in [-0.39, 0.29) is 10.9 Å². The van der Waals surface area contributed by atoms with E-state index in [0.29, 0.717) is 87.4 Å². The molecule has 2 aromatic rings. The van der Waals surface area contributed by atoms with Crippen LogP contribution in [0.3, 0.4) is 0 Å². The number of benzene rings is 2. The normalized spacial score (nSPS) is 12.5. The summed E-state index contributed by atoms with van der Waals surface area (Å²) in [7, 11) is 0. The molecule has 0 aliphatic rings. The van der Waals surface area contributed by atoms with Crippen LogP contribution in [-0.2, 0) is 9.47 Å². The van der Waals surface area contributed by atoms with Crippen molar-refractivity contribution in [1.29, 1.82) is 0 Å². The molecule has 0 N–H and O–H groups in total. The summed E-state index contributed by atoms with van der Waals surface area (Å²) in [5.41, 5.74) is -0.208. The molecule has 0 saturated heterocycles. The van der Waals surface area contributed by atoms with Crippen molar-refractivity contribution in [2.75, 3.05) is 52.9 Å². The molecule has 43 heavy (non-hydrogen) atoms. The van der Waals surface area contributed by atoms with Gasteiger partial charge in [-0.2, -0.15) is 0 Å². The van der Waals surface area contributed by atoms with E-state index in [9.17, 15) is 0 Å². The summed E-state index contributed by atoms with van der Waals surface area (Å²) in [4.78, 5) is 3.36. The molecule has 0 amide bonds. The van der Waals surface area contributed by atoms with E-state index in [4.69, 9.17) is 37.9 Å². The lowest BCUT2D eigenvalue weighted by Gasteiger charge is -2.25. The molecule has 0 spiro atoms. The largest absolute Gasteiger partial charge is 0.493 e. The van der Waals surface area contributed by atoms with Gasteiger partial charge in [-0.15, -0.1) is 0 Å². The van der Waals surface area contributed by atoms with Gasteiger partial charge in [-0.1, -0.05) is 35.3 Å². The molecule has 8 nitrogen and oxygen atoms in total. The summed E-state index contributed by atoms with van der Waals surface area (Å²) in [6, 6.07) is 4.03. The summed E-state index contributed by atoms with van der Waals surface area (Å²) in [6.45, 7) is 23.9. The minimum Gasteiger partial charge on any atom is -0.493 e. The Hall–Kier alpha value is -1.79. The van der Waals surface area contributed by atoms with Gasteiger partial charge in [0.1, 0.15) is 22.4 Å². The quantitative estimate of drug-likeness (QED) is 0.0898. The van der Waals surface area contributed by atoms with E-state index in [2.05, 4.69) is 0 Å². The molecule has 2 unspecified atom stereocenters. The molecule has 0 radical (unpaired) electrons. The third-order valence-electron chi connectivity index (χ3n) is 5.59. The maximum atomic E-state index is 6.29. The van der Waals surface area contributed by atoms with E-state index in [1.165, 1.54) is 11.8 Å². The predicted octanol–water partition coefficient (Wildman–Crippen LogP) is 9.18. The van der Waals surface area contributed by atoms with Crippen LogP contribution in [0.1, 0.15) is 69.2 Å². The Morgan fingerprint density at radius 1 is 0.465 bits per heavy atom. The Kier molecular flexibility index (Phi) is 17.6. The summed E-state index contributed by atoms with van der Waals surface area (Å²) in [5, 5.41) is 0. The first-order chi connectivity index (χ1) is 20.8. The Morgan fingerprint density at radius 2 is 0.791 bits per heavy atom. The number of thioether (sulfide) groups is 2. The van der Waals surface area contributed by atoms with Gasteiger partial charge in [0.2, 0.25) is 0 Å². The number of hydrogen-bond acceptors (Lipinski definition) is 11. The van der Waals surface area contributed by atoms with Gasteiger partial charge in [-0.05, 0) is 81.4 Å². The summed E-state index contributed by atoms with van der Waals surface area (Å²) in [5.74, 6) is 3.98. The fraction of sp³-hybridized carbons (Fsp3) is 0.625. The lowest BCUT2D eigenvalue weighted by Crippen LogP contribution is -2.08. The molecule has 244 valence electrons. The molecule has 0 bridgehead atoms. The molecule has 0 saturated carbocycles. The molecule has 2 aromatic carbocycles. The standard InChI is InChI=1S/C32H50O8S3/c1-11-33-21(9)41-31-23(35-13-3)19-25(27(37-15-5)29(31)39-17-7)43-26-20-24(36-14-4)32(42-22(10)34-12-2)30(40-18-8)28(26)38-16-6/h19-22H,11-18H2,1-10H3. The Labute approximate surface area is 271 Å². The third kappa shape index (κ3) is 10.7. The van der Waals surface area contributed by atoms with Gasteiger partial charge >= 0.3 is 0 Å². The zero-order valence-electron chi connectivity index (χ0n) is 27.5. The van der Waals surface area contributed by atoms with Crippen LogP contribution < -0.4 is 28.4 Å². The van der Waals surface area contributed by atoms with E-state index in [1.807, 2.05) is 81.4 Å². The van der Waals surface area contributed by atoms with Gasteiger partial charge in [0.25, 0.3) is 0 Å². The second kappa shape index (κ2) is 20.3. The third-order valence-corrected chi connectivity index (χ3v) is 8.82. The van der Waals surface area contributed by atoms with Crippen molar-refractivity contribution >= 4 is 35.3 Å². The van der Waals surface area contributed by atoms with Crippen molar-refractivity contribution in [3.63, 3.8) is 0 Å². The van der Waals surface area contributed by atoms with Gasteiger partial charge in [-0.25, -0.2) is 0 Å². The summed E-state index contributed by atoms with van der Waals surface area (Å²) in [6.07, 6.45) is 0. The zero-order chi connectivity index (χ0) is 31.8. The fourth-order valence-electron chi connectivity index (χ4n) is 4.16. The molecular weight excluding hydrogens is 609 g/mol. The second-order valence-electron chi connectivity index (χ2n) is 8.70. The average Bonchev–Trinajstić information content (AvgIpc) is 2.96. The van der Waals surface area contributed by atoms with Crippen molar-refractivity contribution in [3.05, 3.63) is 12.1 Å². The lowest BCUT2D eigenvalue weighted by molar-refractivity contribution is 0.137. The van der Waals surface area contributed by atoms with E-state index in [0.717, 1.165) is 19.6 Å². The molecule has 0 fully saturated rings. The van der Waals surface area contributed by atoms with E-state index in [1.54, 1.807) is 23.5 Å². The highest BCUT2D eigenvalue weighted by Gasteiger charge is 2.29. The van der Waals surface area contributed by atoms with Crippen molar-refractivity contribution < 1.29 is 37.9 Å². The predicted molar refractivity (Wildman–Crippen MR) is 178 cm³/mol. The monoisotopic (exact) mass is 658 g/mol. The van der Waals surface area contributed by atoms with Gasteiger partial charge in [0, 0.05) is 13.2 Å². The Bertz CT molecular complexity index is 1030. The topological polar surface area (TPSA) is 73.8 Å². The van der Waals surface area contributed by atoms with Gasteiger partial charge in [0.15, 0.2) is 23.0 Å². The summed E-state index contributed by atoms with van der Waals surface area (Å²) >= 11 is 4.62. The molecule has 0 aromatic heterocycles. The van der Waals surface area contributed by atoms with Crippen molar-refractivity contribution in [2.45, 2.75) is 99.7 Å². The highest BCUT2D eigenvalue weighted by atomic mass is 32.2. The minimum atomic E-state index is -0.104. The molecule has 0 aliphatic heterocycles. The van der Waals surface area contributed by atoms with Gasteiger partial charge < -0.3 is 37.9 Å². The zero-order valence-corrected chi connectivity index (χ0v) is 29.9. The summed E-state index contributed by atoms with van der Waals surface area (Å²) < 4.78 is 49.2. The minimum absolute atomic E-state index is 0.104. The Balaban J connectivity index is 2.86. The fourth-order valence-corrected chi connectivity index (χ4v) is 7.27. The smallest absolute Gasteiger partial charge is 0.179 e. The average molecular weight is 659 g/mol. The lowest BCUT2D eigenvalue weighted by atomic mass is 10.3. The number of ether oxygens (including phenoxy) is 8. The van der Waals surface area contributed by atoms with Crippen molar-refractivity contribution in [2.24, 2.45) is 0 Å². The molecule has 2 rings (SSSR count). The van der Waals surface area contributed by atoms with Crippen molar-refractivity contribution in [3.8, 4) is 34.5 Å². The van der Waals surface area contributed by atoms with Crippen LogP contribution in [0.4, 0.5) is 0 Å². The Morgan fingerprint density at radius 3 is 1.09 bits per heavy atom. The van der Waals surface area contributed by atoms with E-state index < -0.39 is 0 Å². The molecule has 11 heteroatoms. The van der Waals surface area contributed by atoms with Gasteiger partial charge in [-0.3, -0.25) is 0 Å². The SMILES string of the molecule is CCOc1cc(Sc2cc(OCC)c(SC(C)OCC)c(OCC)c2OCC)c(OCC)c(OCC)c1SC(C)OCC. The maximum Gasteiger partial charge on any atom is 0.179 e. The number of rotatable bonds is 22. The first kappa shape index (κ1) is 37.4. The van der Waals surface area contributed by atoms with Crippen LogP contribution in [0.5, 0.6) is 34.5 Å². The highest BCUT2D eigenvalue weighted by Crippen LogP contribution is 2.56. The van der Waals surface area contributed by atoms with Crippen LogP contribution in [0.15, 0.2) is 31.7 Å². The van der Waals surface area contributed by atoms with Crippen LogP contribution in [0.2, 0.25) is 0 Å². The van der Waals surface area contributed by atoms with Crippen molar-refractivity contribution in [1.82, 2.24) is 0 Å². The molecule has 0 heterocycles. The first-order valence-electron chi connectivity index (χ1n) is 15.3.